The molecule has 0 fully saturated rings. The van der Waals surface area contributed by atoms with Crippen molar-refractivity contribution in [2.45, 2.75) is 0 Å². The van der Waals surface area contributed by atoms with Crippen LogP contribution in [0.4, 0.5) is 4.39 Å². The van der Waals surface area contributed by atoms with Gasteiger partial charge in [-0.3, -0.25) is 4.98 Å². The van der Waals surface area contributed by atoms with Gasteiger partial charge < -0.3 is 0 Å². The van der Waals surface area contributed by atoms with Crippen molar-refractivity contribution >= 4 is 23.2 Å². The molecule has 0 unspecified atom stereocenters. The lowest BCUT2D eigenvalue weighted by atomic mass is 10.1. The van der Waals surface area contributed by atoms with Gasteiger partial charge >= 0.3 is 0 Å². The summed E-state index contributed by atoms with van der Waals surface area (Å²) in [5, 5.41) is 1.11. The van der Waals surface area contributed by atoms with E-state index in [0.717, 1.165) is 6.20 Å². The van der Waals surface area contributed by atoms with Crippen molar-refractivity contribution < 1.29 is 4.39 Å². The Morgan fingerprint density at radius 2 is 1.87 bits per heavy atom. The van der Waals surface area contributed by atoms with Crippen LogP contribution < -0.4 is 0 Å². The van der Waals surface area contributed by atoms with Crippen LogP contribution in [0.1, 0.15) is 0 Å². The van der Waals surface area contributed by atoms with Gasteiger partial charge in [-0.2, -0.15) is 0 Å². The zero-order chi connectivity index (χ0) is 10.8. The van der Waals surface area contributed by atoms with Crippen LogP contribution in [0.25, 0.3) is 11.3 Å². The van der Waals surface area contributed by atoms with E-state index in [1.54, 1.807) is 24.3 Å². The average Bonchev–Trinajstić information content (AvgIpc) is 2.23. The number of hydrogen-bond acceptors (Lipinski definition) is 1. The maximum absolute atomic E-state index is 12.7. The Hall–Kier alpha value is -1.12. The fourth-order valence-electron chi connectivity index (χ4n) is 1.23. The van der Waals surface area contributed by atoms with Gasteiger partial charge in [-0.05, 0) is 30.3 Å². The summed E-state index contributed by atoms with van der Waals surface area (Å²) in [6.45, 7) is 0. The van der Waals surface area contributed by atoms with Crippen molar-refractivity contribution in [1.82, 2.24) is 4.98 Å². The quantitative estimate of drug-likeness (QED) is 0.730. The number of aromatic nitrogens is 1. The molecular weight excluding hydrogens is 236 g/mol. The smallest absolute Gasteiger partial charge is 0.141 e. The van der Waals surface area contributed by atoms with E-state index in [9.17, 15) is 4.39 Å². The number of benzene rings is 1. The fourth-order valence-corrected chi connectivity index (χ4v) is 1.62. The molecule has 0 aliphatic heterocycles. The number of hydrogen-bond donors (Lipinski definition) is 0. The zero-order valence-corrected chi connectivity index (χ0v) is 9.06. The SMILES string of the molecule is Fc1ccc(-c2cc(Cl)ccc2Cl)nc1. The molecule has 0 bridgehead atoms. The highest BCUT2D eigenvalue weighted by molar-refractivity contribution is 6.35. The highest BCUT2D eigenvalue weighted by atomic mass is 35.5. The maximum Gasteiger partial charge on any atom is 0.141 e. The molecule has 0 radical (unpaired) electrons. The van der Waals surface area contributed by atoms with Crippen molar-refractivity contribution in [2.24, 2.45) is 0 Å². The third-order valence-electron chi connectivity index (χ3n) is 1.93. The third kappa shape index (κ3) is 2.28. The zero-order valence-electron chi connectivity index (χ0n) is 7.55. The highest BCUT2D eigenvalue weighted by Crippen LogP contribution is 2.28. The first-order valence-electron chi connectivity index (χ1n) is 4.24. The van der Waals surface area contributed by atoms with E-state index in [0.29, 0.717) is 21.3 Å². The lowest BCUT2D eigenvalue weighted by molar-refractivity contribution is 0.622. The van der Waals surface area contributed by atoms with Crippen molar-refractivity contribution in [3.63, 3.8) is 0 Å². The Morgan fingerprint density at radius 3 is 2.53 bits per heavy atom. The Labute approximate surface area is 96.5 Å². The summed E-state index contributed by atoms with van der Waals surface area (Å²) in [6, 6.07) is 7.97. The second-order valence-electron chi connectivity index (χ2n) is 2.99. The second kappa shape index (κ2) is 4.17. The monoisotopic (exact) mass is 241 g/mol. The van der Waals surface area contributed by atoms with Crippen LogP contribution >= 0.6 is 23.2 Å². The first kappa shape index (κ1) is 10.4. The summed E-state index contributed by atoms with van der Waals surface area (Å²) in [7, 11) is 0. The first-order chi connectivity index (χ1) is 7.16. The Kier molecular flexibility index (Phi) is 2.89. The van der Waals surface area contributed by atoms with Crippen LogP contribution in [-0.4, -0.2) is 4.98 Å². The molecule has 0 saturated heterocycles. The summed E-state index contributed by atoms with van der Waals surface area (Å²) < 4.78 is 12.7. The Balaban J connectivity index is 2.53. The molecule has 1 aromatic carbocycles. The van der Waals surface area contributed by atoms with Gasteiger partial charge in [0, 0.05) is 10.6 Å². The number of pyridine rings is 1. The maximum atomic E-state index is 12.7. The Morgan fingerprint density at radius 1 is 1.07 bits per heavy atom. The minimum absolute atomic E-state index is 0.378. The molecule has 1 aromatic heterocycles. The molecule has 15 heavy (non-hydrogen) atoms. The highest BCUT2D eigenvalue weighted by Gasteiger charge is 2.05. The van der Waals surface area contributed by atoms with E-state index >= 15 is 0 Å². The normalized spacial score (nSPS) is 10.3. The molecule has 0 atom stereocenters. The largest absolute Gasteiger partial charge is 0.253 e. The molecule has 0 aliphatic rings. The van der Waals surface area contributed by atoms with Gasteiger partial charge in [0.2, 0.25) is 0 Å². The predicted molar refractivity (Wildman–Crippen MR) is 59.7 cm³/mol. The molecule has 4 heteroatoms. The molecule has 1 nitrogen and oxygen atoms in total. The lowest BCUT2D eigenvalue weighted by Crippen LogP contribution is -1.85. The van der Waals surface area contributed by atoms with E-state index < -0.39 is 0 Å². The van der Waals surface area contributed by atoms with E-state index in [-0.39, 0.29) is 5.82 Å². The van der Waals surface area contributed by atoms with Gasteiger partial charge in [-0.1, -0.05) is 23.2 Å². The van der Waals surface area contributed by atoms with Crippen molar-refractivity contribution in [3.05, 3.63) is 52.4 Å². The summed E-state index contributed by atoms with van der Waals surface area (Å²) in [5.74, 6) is -0.378. The molecule has 0 spiro atoms. The fraction of sp³-hybridized carbons (Fsp3) is 0. The van der Waals surface area contributed by atoms with Crippen LogP contribution in [0.5, 0.6) is 0 Å². The van der Waals surface area contributed by atoms with Gasteiger partial charge in [0.1, 0.15) is 5.82 Å². The van der Waals surface area contributed by atoms with Gasteiger partial charge in [-0.15, -0.1) is 0 Å². The summed E-state index contributed by atoms with van der Waals surface area (Å²) >= 11 is 11.8. The van der Waals surface area contributed by atoms with E-state index in [1.165, 1.54) is 6.07 Å². The predicted octanol–water partition coefficient (Wildman–Crippen LogP) is 4.19. The summed E-state index contributed by atoms with van der Waals surface area (Å²) in [4.78, 5) is 3.93. The van der Waals surface area contributed by atoms with Crippen molar-refractivity contribution in [2.75, 3.05) is 0 Å². The minimum atomic E-state index is -0.378. The standard InChI is InChI=1S/C11H6Cl2FN/c12-7-1-3-10(13)9(5-7)11-4-2-8(14)6-15-11/h1-6H. The summed E-state index contributed by atoms with van der Waals surface area (Å²) in [6.07, 6.45) is 1.15. The molecule has 0 amide bonds. The van der Waals surface area contributed by atoms with Crippen molar-refractivity contribution in [3.8, 4) is 11.3 Å². The van der Waals surface area contributed by atoms with Gasteiger partial charge in [0.15, 0.2) is 0 Å². The van der Waals surface area contributed by atoms with Crippen LogP contribution in [0.2, 0.25) is 10.0 Å². The molecule has 2 aromatic rings. The molecule has 0 N–H and O–H groups in total. The molecule has 0 saturated carbocycles. The molecular formula is C11H6Cl2FN. The topological polar surface area (TPSA) is 12.9 Å². The summed E-state index contributed by atoms with van der Waals surface area (Å²) in [5.41, 5.74) is 1.30. The first-order valence-corrected chi connectivity index (χ1v) is 4.99. The average molecular weight is 242 g/mol. The molecule has 1 heterocycles. The van der Waals surface area contributed by atoms with Crippen molar-refractivity contribution in [1.29, 1.82) is 0 Å². The number of rotatable bonds is 1. The van der Waals surface area contributed by atoms with Gasteiger partial charge in [0.25, 0.3) is 0 Å². The second-order valence-corrected chi connectivity index (χ2v) is 3.83. The number of nitrogens with zero attached hydrogens (tertiary/aromatic N) is 1. The van der Waals surface area contributed by atoms with E-state index in [2.05, 4.69) is 4.98 Å². The van der Waals surface area contributed by atoms with E-state index in [1.807, 2.05) is 0 Å². The number of halogens is 3. The third-order valence-corrected chi connectivity index (χ3v) is 2.50. The van der Waals surface area contributed by atoms with Gasteiger partial charge in [-0.25, -0.2) is 4.39 Å². The van der Waals surface area contributed by atoms with Crippen LogP contribution in [0, 0.1) is 5.82 Å². The van der Waals surface area contributed by atoms with Gasteiger partial charge in [0.05, 0.1) is 16.9 Å². The molecule has 76 valence electrons. The van der Waals surface area contributed by atoms with Crippen LogP contribution in [-0.2, 0) is 0 Å². The lowest BCUT2D eigenvalue weighted by Gasteiger charge is -2.03. The van der Waals surface area contributed by atoms with Crippen LogP contribution in [0.15, 0.2) is 36.5 Å². The van der Waals surface area contributed by atoms with Crippen LogP contribution in [0.3, 0.4) is 0 Å². The van der Waals surface area contributed by atoms with E-state index in [4.69, 9.17) is 23.2 Å². The Bertz CT molecular complexity index is 482. The molecule has 0 aliphatic carbocycles. The molecule has 2 rings (SSSR count). The minimum Gasteiger partial charge on any atom is -0.253 e.